The van der Waals surface area contributed by atoms with Gasteiger partial charge in [-0.05, 0) is 24.5 Å². The largest absolute Gasteiger partial charge is 0.355 e. The van der Waals surface area contributed by atoms with Gasteiger partial charge >= 0.3 is 0 Å². The summed E-state index contributed by atoms with van der Waals surface area (Å²) in [5, 5.41) is 3.04. The van der Waals surface area contributed by atoms with Crippen molar-refractivity contribution in [3.05, 3.63) is 0 Å². The van der Waals surface area contributed by atoms with Gasteiger partial charge in [-0.15, -0.1) is 0 Å². The molecule has 0 heterocycles. The fraction of sp³-hybridized carbons (Fsp3) is 0.929. The molecule has 3 N–H and O–H groups in total. The van der Waals surface area contributed by atoms with Crippen molar-refractivity contribution >= 4 is 17.7 Å². The molecule has 3 nitrogen and oxygen atoms in total. The molecule has 4 heteroatoms. The molecule has 0 aliphatic heterocycles. The summed E-state index contributed by atoms with van der Waals surface area (Å²) in [6.45, 7) is 11.3. The zero-order valence-corrected chi connectivity index (χ0v) is 13.6. The van der Waals surface area contributed by atoms with Gasteiger partial charge in [-0.2, -0.15) is 11.8 Å². The van der Waals surface area contributed by atoms with Crippen molar-refractivity contribution in [3.8, 4) is 0 Å². The van der Waals surface area contributed by atoms with Crippen LogP contribution in [0, 0.1) is 5.41 Å². The highest BCUT2D eigenvalue weighted by molar-refractivity contribution is 8.00. The summed E-state index contributed by atoms with van der Waals surface area (Å²) in [6, 6.07) is -0.0931. The van der Waals surface area contributed by atoms with Crippen molar-refractivity contribution in [1.82, 2.24) is 5.32 Å². The van der Waals surface area contributed by atoms with Crippen LogP contribution >= 0.6 is 11.8 Å². The van der Waals surface area contributed by atoms with E-state index in [2.05, 4.69) is 46.2 Å². The lowest BCUT2D eigenvalue weighted by Gasteiger charge is -2.31. The zero-order chi connectivity index (χ0) is 14.4. The SMILES string of the molecule is CCC(CC)(CNC(=O)CC(N)C(C)(C)C)SC. The Balaban J connectivity index is 4.26. The first-order valence-electron chi connectivity index (χ1n) is 6.78. The molecule has 0 rings (SSSR count). The third-order valence-electron chi connectivity index (χ3n) is 3.85. The quantitative estimate of drug-likeness (QED) is 0.750. The van der Waals surface area contributed by atoms with Crippen molar-refractivity contribution in [2.45, 2.75) is 64.7 Å². The van der Waals surface area contributed by atoms with Crippen LogP contribution in [0.2, 0.25) is 0 Å². The molecule has 0 aliphatic rings. The minimum Gasteiger partial charge on any atom is -0.355 e. The Labute approximate surface area is 117 Å². The second kappa shape index (κ2) is 7.39. The molecule has 0 aliphatic carbocycles. The average Bonchev–Trinajstić information content (AvgIpc) is 2.30. The van der Waals surface area contributed by atoms with Gasteiger partial charge in [-0.1, -0.05) is 34.6 Å². The molecule has 0 fully saturated rings. The smallest absolute Gasteiger partial charge is 0.221 e. The number of carbonyl (C=O) groups excluding carboxylic acids is 1. The molecule has 0 aromatic heterocycles. The third-order valence-corrected chi connectivity index (χ3v) is 5.43. The molecule has 1 amide bonds. The maximum absolute atomic E-state index is 11.9. The number of thioether (sulfide) groups is 1. The van der Waals surface area contributed by atoms with Gasteiger partial charge in [0, 0.05) is 23.8 Å². The molecule has 0 spiro atoms. The number of nitrogens with one attached hydrogen (secondary N) is 1. The van der Waals surface area contributed by atoms with Crippen molar-refractivity contribution in [2.24, 2.45) is 11.1 Å². The molecule has 108 valence electrons. The fourth-order valence-electron chi connectivity index (χ4n) is 1.70. The minimum atomic E-state index is -0.0931. The molecule has 0 bridgehead atoms. The van der Waals surface area contributed by atoms with E-state index in [1.165, 1.54) is 0 Å². The normalized spacial score (nSPS) is 14.4. The number of nitrogens with two attached hydrogens (primary N) is 1. The predicted molar refractivity (Wildman–Crippen MR) is 81.9 cm³/mol. The number of carbonyl (C=O) groups is 1. The number of hydrogen-bond donors (Lipinski definition) is 2. The van der Waals surface area contributed by atoms with Gasteiger partial charge in [-0.25, -0.2) is 0 Å². The summed E-state index contributed by atoms with van der Waals surface area (Å²) in [5.74, 6) is 0.0674. The number of hydrogen-bond acceptors (Lipinski definition) is 3. The summed E-state index contributed by atoms with van der Waals surface area (Å²) >= 11 is 1.84. The van der Waals surface area contributed by atoms with Crippen molar-refractivity contribution in [1.29, 1.82) is 0 Å². The van der Waals surface area contributed by atoms with Crippen molar-refractivity contribution in [3.63, 3.8) is 0 Å². The van der Waals surface area contributed by atoms with Gasteiger partial charge < -0.3 is 11.1 Å². The van der Waals surface area contributed by atoms with Gasteiger partial charge in [0.1, 0.15) is 0 Å². The molecule has 1 unspecified atom stereocenters. The second-order valence-corrected chi connectivity index (χ2v) is 7.32. The maximum Gasteiger partial charge on any atom is 0.221 e. The Hall–Kier alpha value is -0.220. The predicted octanol–water partition coefficient (Wildman–Crippen LogP) is 2.79. The van der Waals surface area contributed by atoms with Gasteiger partial charge in [0.25, 0.3) is 0 Å². The molecule has 1 atom stereocenters. The van der Waals surface area contributed by atoms with Crippen LogP contribution in [0.3, 0.4) is 0 Å². The van der Waals surface area contributed by atoms with Crippen molar-refractivity contribution < 1.29 is 4.79 Å². The molecular weight excluding hydrogens is 244 g/mol. The third kappa shape index (κ3) is 5.61. The topological polar surface area (TPSA) is 55.1 Å². The molecule has 0 aromatic rings. The standard InChI is InChI=1S/C14H30N2OS/c1-7-14(8-2,18-6)10-16-12(17)9-11(15)13(3,4)5/h11H,7-10,15H2,1-6H3,(H,16,17). The van der Waals surface area contributed by atoms with Gasteiger partial charge in [0.2, 0.25) is 5.91 Å². The van der Waals surface area contributed by atoms with Crippen LogP contribution < -0.4 is 11.1 Å². The molecule has 0 radical (unpaired) electrons. The summed E-state index contributed by atoms with van der Waals surface area (Å²) in [4.78, 5) is 11.9. The second-order valence-electron chi connectivity index (χ2n) is 6.05. The molecule has 0 saturated heterocycles. The van der Waals surface area contributed by atoms with Crippen LogP contribution in [0.5, 0.6) is 0 Å². The van der Waals surface area contributed by atoms with Crippen LogP contribution in [-0.4, -0.2) is 29.5 Å². The Morgan fingerprint density at radius 2 is 1.78 bits per heavy atom. The number of rotatable bonds is 7. The zero-order valence-electron chi connectivity index (χ0n) is 12.8. The summed E-state index contributed by atoms with van der Waals surface area (Å²) in [6.07, 6.45) is 4.65. The van der Waals surface area contributed by atoms with E-state index in [1.54, 1.807) is 0 Å². The monoisotopic (exact) mass is 274 g/mol. The maximum atomic E-state index is 11.9. The van der Waals surface area contributed by atoms with Crippen LogP contribution in [0.15, 0.2) is 0 Å². The molecule has 18 heavy (non-hydrogen) atoms. The highest BCUT2D eigenvalue weighted by atomic mass is 32.2. The van der Waals surface area contributed by atoms with E-state index in [9.17, 15) is 4.79 Å². The van der Waals surface area contributed by atoms with Crippen LogP contribution in [0.1, 0.15) is 53.9 Å². The fourth-order valence-corrected chi connectivity index (χ4v) is 2.49. The van der Waals surface area contributed by atoms with Gasteiger partial charge in [0.15, 0.2) is 0 Å². The molecule has 0 saturated carbocycles. The van der Waals surface area contributed by atoms with E-state index in [4.69, 9.17) is 5.73 Å². The number of amides is 1. The average molecular weight is 274 g/mol. The Bertz CT molecular complexity index is 249. The van der Waals surface area contributed by atoms with E-state index in [0.717, 1.165) is 19.4 Å². The first kappa shape index (κ1) is 17.8. The van der Waals surface area contributed by atoms with E-state index >= 15 is 0 Å². The van der Waals surface area contributed by atoms with Crippen LogP contribution in [0.4, 0.5) is 0 Å². The summed E-state index contributed by atoms with van der Waals surface area (Å²) < 4.78 is 0.168. The Kier molecular flexibility index (Phi) is 7.30. The van der Waals surface area contributed by atoms with Crippen LogP contribution in [-0.2, 0) is 4.79 Å². The highest BCUT2D eigenvalue weighted by Gasteiger charge is 2.27. The van der Waals surface area contributed by atoms with Gasteiger partial charge in [-0.3, -0.25) is 4.79 Å². The highest BCUT2D eigenvalue weighted by Crippen LogP contribution is 2.29. The van der Waals surface area contributed by atoms with Crippen LogP contribution in [0.25, 0.3) is 0 Å². The van der Waals surface area contributed by atoms with E-state index in [0.29, 0.717) is 6.42 Å². The summed E-state index contributed by atoms with van der Waals surface area (Å²) in [5.41, 5.74) is 6.00. The molecule has 0 aromatic carbocycles. The Morgan fingerprint density at radius 3 is 2.11 bits per heavy atom. The lowest BCUT2D eigenvalue weighted by Crippen LogP contribution is -2.44. The lowest BCUT2D eigenvalue weighted by atomic mass is 9.85. The first-order valence-corrected chi connectivity index (χ1v) is 8.00. The van der Waals surface area contributed by atoms with E-state index in [1.807, 2.05) is 11.8 Å². The minimum absolute atomic E-state index is 0.0244. The van der Waals surface area contributed by atoms with E-state index in [-0.39, 0.29) is 22.1 Å². The summed E-state index contributed by atoms with van der Waals surface area (Å²) in [7, 11) is 0. The van der Waals surface area contributed by atoms with Gasteiger partial charge in [0.05, 0.1) is 0 Å². The Morgan fingerprint density at radius 1 is 1.28 bits per heavy atom. The van der Waals surface area contributed by atoms with E-state index < -0.39 is 0 Å². The lowest BCUT2D eigenvalue weighted by molar-refractivity contribution is -0.122. The molecular formula is C14H30N2OS. The van der Waals surface area contributed by atoms with Crippen molar-refractivity contribution in [2.75, 3.05) is 12.8 Å². The first-order chi connectivity index (χ1) is 8.20.